The van der Waals surface area contributed by atoms with Crippen molar-refractivity contribution in [2.45, 2.75) is 12.8 Å². The van der Waals surface area contributed by atoms with Gasteiger partial charge in [0.05, 0.1) is 0 Å². The summed E-state index contributed by atoms with van der Waals surface area (Å²) in [4.78, 5) is 3.15. The van der Waals surface area contributed by atoms with Crippen molar-refractivity contribution in [3.05, 3.63) is 36.0 Å². The predicted molar refractivity (Wildman–Crippen MR) is 55.5 cm³/mol. The lowest BCUT2D eigenvalue weighted by molar-refractivity contribution is 1.01. The van der Waals surface area contributed by atoms with E-state index in [0.717, 1.165) is 5.52 Å². The normalized spacial score (nSPS) is 12.6. The number of hydrogen-bond donors (Lipinski definition) is 1. The van der Waals surface area contributed by atoms with Gasteiger partial charge < -0.3 is 4.98 Å². The third-order valence-electron chi connectivity index (χ3n) is 2.33. The summed E-state index contributed by atoms with van der Waals surface area (Å²) in [7, 11) is 0. The number of terminal acetylenes is 1. The second kappa shape index (κ2) is 2.99. The monoisotopic (exact) mass is 169 g/mol. The minimum atomic E-state index is 0.194. The topological polar surface area (TPSA) is 15.8 Å². The van der Waals surface area contributed by atoms with Crippen LogP contribution in [0, 0.1) is 12.3 Å². The lowest BCUT2D eigenvalue weighted by atomic mass is 10.0. The highest BCUT2D eigenvalue weighted by molar-refractivity contribution is 5.80. The zero-order chi connectivity index (χ0) is 9.26. The molecule has 1 heteroatoms. The molecule has 0 radical (unpaired) electrons. The maximum atomic E-state index is 5.37. The van der Waals surface area contributed by atoms with E-state index in [-0.39, 0.29) is 5.92 Å². The Bertz CT molecular complexity index is 459. The molecule has 0 aliphatic rings. The summed E-state index contributed by atoms with van der Waals surface area (Å²) in [6.07, 6.45) is 7.31. The molecule has 0 saturated carbocycles. The summed E-state index contributed by atoms with van der Waals surface area (Å²) in [5.41, 5.74) is 2.36. The third kappa shape index (κ3) is 1.31. The van der Waals surface area contributed by atoms with E-state index in [1.54, 1.807) is 0 Å². The van der Waals surface area contributed by atoms with Gasteiger partial charge in [0, 0.05) is 17.6 Å². The summed E-state index contributed by atoms with van der Waals surface area (Å²) >= 11 is 0. The average molecular weight is 169 g/mol. The fourth-order valence-corrected chi connectivity index (χ4v) is 1.44. The molecule has 0 aliphatic carbocycles. The lowest BCUT2D eigenvalue weighted by Gasteiger charge is -2.03. The molecule has 0 aliphatic heterocycles. The first-order valence-electron chi connectivity index (χ1n) is 4.34. The zero-order valence-corrected chi connectivity index (χ0v) is 7.54. The number of benzene rings is 1. The Hall–Kier alpha value is -1.68. The second-order valence-electron chi connectivity index (χ2n) is 3.21. The summed E-state index contributed by atoms with van der Waals surface area (Å²) in [5, 5.41) is 1.22. The number of H-pyrrole nitrogens is 1. The minimum absolute atomic E-state index is 0.194. The van der Waals surface area contributed by atoms with Crippen molar-refractivity contribution >= 4 is 10.9 Å². The molecule has 64 valence electrons. The Morgan fingerprint density at radius 3 is 3.00 bits per heavy atom. The number of fused-ring (bicyclic) bond motifs is 1. The molecule has 1 heterocycles. The molecule has 2 rings (SSSR count). The van der Waals surface area contributed by atoms with Gasteiger partial charge in [-0.3, -0.25) is 0 Å². The maximum absolute atomic E-state index is 5.37. The van der Waals surface area contributed by atoms with Crippen molar-refractivity contribution < 1.29 is 0 Å². The van der Waals surface area contributed by atoms with Crippen LogP contribution in [0.1, 0.15) is 18.4 Å². The van der Waals surface area contributed by atoms with Crippen LogP contribution in [0.25, 0.3) is 10.9 Å². The van der Waals surface area contributed by atoms with E-state index in [2.05, 4.69) is 35.2 Å². The van der Waals surface area contributed by atoms with Gasteiger partial charge in [0.2, 0.25) is 0 Å². The largest absolute Gasteiger partial charge is 0.361 e. The van der Waals surface area contributed by atoms with E-state index >= 15 is 0 Å². The van der Waals surface area contributed by atoms with Crippen LogP contribution in [0.5, 0.6) is 0 Å². The predicted octanol–water partition coefficient (Wildman–Crippen LogP) is 2.90. The zero-order valence-electron chi connectivity index (χ0n) is 7.54. The van der Waals surface area contributed by atoms with Crippen LogP contribution in [0.15, 0.2) is 30.5 Å². The molecular weight excluding hydrogens is 158 g/mol. The Kier molecular flexibility index (Phi) is 1.83. The van der Waals surface area contributed by atoms with E-state index < -0.39 is 0 Å². The molecule has 1 atom stereocenters. The summed E-state index contributed by atoms with van der Waals surface area (Å²) in [6.45, 7) is 2.04. The van der Waals surface area contributed by atoms with Crippen molar-refractivity contribution in [3.8, 4) is 12.3 Å². The van der Waals surface area contributed by atoms with Crippen LogP contribution in [0.4, 0.5) is 0 Å². The minimum Gasteiger partial charge on any atom is -0.361 e. The molecule has 1 aromatic heterocycles. The van der Waals surface area contributed by atoms with Gasteiger partial charge in [-0.15, -0.1) is 6.42 Å². The molecule has 1 unspecified atom stereocenters. The van der Waals surface area contributed by atoms with Crippen molar-refractivity contribution in [1.82, 2.24) is 4.98 Å². The standard InChI is InChI=1S/C12H11N/c1-3-9(2)10-4-5-12-11(8-10)6-7-13-12/h1,4-9,13H,2H3. The summed E-state index contributed by atoms with van der Waals surface area (Å²) in [5.74, 6) is 2.92. The van der Waals surface area contributed by atoms with E-state index in [9.17, 15) is 0 Å². The van der Waals surface area contributed by atoms with Gasteiger partial charge in [0.1, 0.15) is 0 Å². The first-order chi connectivity index (χ1) is 6.31. The van der Waals surface area contributed by atoms with E-state index in [1.165, 1.54) is 10.9 Å². The fourth-order valence-electron chi connectivity index (χ4n) is 1.44. The van der Waals surface area contributed by atoms with E-state index in [1.807, 2.05) is 13.1 Å². The average Bonchev–Trinajstić information content (AvgIpc) is 2.63. The van der Waals surface area contributed by atoms with Crippen molar-refractivity contribution in [2.75, 3.05) is 0 Å². The van der Waals surface area contributed by atoms with Crippen LogP contribution in [-0.2, 0) is 0 Å². The van der Waals surface area contributed by atoms with Crippen molar-refractivity contribution in [1.29, 1.82) is 0 Å². The summed E-state index contributed by atoms with van der Waals surface area (Å²) in [6, 6.07) is 8.33. The summed E-state index contributed by atoms with van der Waals surface area (Å²) < 4.78 is 0. The van der Waals surface area contributed by atoms with Gasteiger partial charge in [0.25, 0.3) is 0 Å². The first-order valence-corrected chi connectivity index (χ1v) is 4.34. The molecule has 0 amide bonds. The smallest absolute Gasteiger partial charge is 0.0454 e. The molecule has 1 nitrogen and oxygen atoms in total. The molecule has 0 spiro atoms. The first kappa shape index (κ1) is 7.94. The van der Waals surface area contributed by atoms with Gasteiger partial charge in [-0.25, -0.2) is 0 Å². The highest BCUT2D eigenvalue weighted by atomic mass is 14.7. The Morgan fingerprint density at radius 2 is 2.23 bits per heavy atom. The van der Waals surface area contributed by atoms with E-state index in [0.29, 0.717) is 0 Å². The fraction of sp³-hybridized carbons (Fsp3) is 0.167. The van der Waals surface area contributed by atoms with Gasteiger partial charge in [-0.2, -0.15) is 0 Å². The molecule has 0 saturated heterocycles. The van der Waals surface area contributed by atoms with Crippen molar-refractivity contribution in [2.24, 2.45) is 0 Å². The van der Waals surface area contributed by atoms with Crippen LogP contribution in [-0.4, -0.2) is 4.98 Å². The Balaban J connectivity index is 2.55. The van der Waals surface area contributed by atoms with Crippen LogP contribution in [0.3, 0.4) is 0 Å². The third-order valence-corrected chi connectivity index (χ3v) is 2.33. The lowest BCUT2D eigenvalue weighted by Crippen LogP contribution is -1.87. The Morgan fingerprint density at radius 1 is 1.38 bits per heavy atom. The highest BCUT2D eigenvalue weighted by Gasteiger charge is 2.02. The number of hydrogen-bond acceptors (Lipinski definition) is 0. The van der Waals surface area contributed by atoms with Gasteiger partial charge in [-0.1, -0.05) is 12.0 Å². The molecule has 1 N–H and O–H groups in total. The quantitative estimate of drug-likeness (QED) is 0.632. The number of aromatic amines is 1. The van der Waals surface area contributed by atoms with E-state index in [4.69, 9.17) is 6.42 Å². The molecule has 0 fully saturated rings. The van der Waals surface area contributed by atoms with Gasteiger partial charge >= 0.3 is 0 Å². The van der Waals surface area contributed by atoms with Gasteiger partial charge in [0.15, 0.2) is 0 Å². The molecular formula is C12H11N. The molecule has 0 bridgehead atoms. The Labute approximate surface area is 77.8 Å². The maximum Gasteiger partial charge on any atom is 0.0454 e. The van der Waals surface area contributed by atoms with Crippen molar-refractivity contribution in [3.63, 3.8) is 0 Å². The number of nitrogens with one attached hydrogen (secondary N) is 1. The van der Waals surface area contributed by atoms with Crippen LogP contribution in [0.2, 0.25) is 0 Å². The second-order valence-corrected chi connectivity index (χ2v) is 3.21. The van der Waals surface area contributed by atoms with Crippen LogP contribution >= 0.6 is 0 Å². The molecule has 13 heavy (non-hydrogen) atoms. The molecule has 2 aromatic rings. The van der Waals surface area contributed by atoms with Gasteiger partial charge in [-0.05, 0) is 36.1 Å². The molecule has 1 aromatic carbocycles. The number of rotatable bonds is 1. The number of aromatic nitrogens is 1. The van der Waals surface area contributed by atoms with Crippen LogP contribution < -0.4 is 0 Å². The SMILES string of the molecule is C#CC(C)c1ccc2[nH]ccc2c1. The highest BCUT2D eigenvalue weighted by Crippen LogP contribution is 2.19.